The van der Waals surface area contributed by atoms with Crippen molar-refractivity contribution in [3.05, 3.63) is 54.1 Å². The number of aryl methyl sites for hydroxylation is 1. The predicted octanol–water partition coefficient (Wildman–Crippen LogP) is 1.57. The molecule has 0 aliphatic carbocycles. The minimum atomic E-state index is -1.20. The zero-order valence-electron chi connectivity index (χ0n) is 8.87. The molecule has 0 spiro atoms. The van der Waals surface area contributed by atoms with E-state index in [0.29, 0.717) is 11.4 Å². The lowest BCUT2D eigenvalue weighted by molar-refractivity contribution is 0.0568. The summed E-state index contributed by atoms with van der Waals surface area (Å²) in [5.41, 5.74) is 0.489. The third kappa shape index (κ3) is 1.87. The van der Waals surface area contributed by atoms with Gasteiger partial charge in [-0.25, -0.2) is 4.98 Å². The lowest BCUT2D eigenvalue weighted by atomic mass is 10.1. The van der Waals surface area contributed by atoms with Crippen LogP contribution in [0.3, 0.4) is 0 Å². The number of aromatic nitrogens is 2. The van der Waals surface area contributed by atoms with Gasteiger partial charge in [0.05, 0.1) is 0 Å². The van der Waals surface area contributed by atoms with Crippen molar-refractivity contribution in [3.63, 3.8) is 0 Å². The molecule has 4 heteroatoms. The first-order valence-electron chi connectivity index (χ1n) is 4.97. The Morgan fingerprint density at radius 2 is 2.06 bits per heavy atom. The van der Waals surface area contributed by atoms with Crippen molar-refractivity contribution in [1.29, 1.82) is 0 Å². The Balaban J connectivity index is 2.27. The molecule has 1 aromatic carbocycles. The Morgan fingerprint density at radius 3 is 2.62 bits per heavy atom. The number of hydrogen-bond donors (Lipinski definition) is 1. The molecular formula is C12H12N2O2. The van der Waals surface area contributed by atoms with Crippen molar-refractivity contribution in [2.45, 2.75) is 13.2 Å². The van der Waals surface area contributed by atoms with Crippen LogP contribution in [0.4, 0.5) is 0 Å². The van der Waals surface area contributed by atoms with E-state index in [9.17, 15) is 9.90 Å². The summed E-state index contributed by atoms with van der Waals surface area (Å²) in [5.74, 6) is 0.276. The molecule has 1 heterocycles. The normalized spacial score (nSPS) is 12.4. The standard InChI is InChI=1S/C12H12N2O2/c1-9-13-7-8-14(9)12(16)11(15)10-5-3-2-4-6-10/h2-8,12,16H,1H3. The largest absolute Gasteiger partial charge is 0.366 e. The number of imidazole rings is 1. The number of aliphatic hydroxyl groups is 1. The van der Waals surface area contributed by atoms with Gasteiger partial charge >= 0.3 is 0 Å². The molecule has 1 N–H and O–H groups in total. The minimum Gasteiger partial charge on any atom is -0.366 e. The number of Topliss-reactive ketones (excluding diaryl/α,β-unsaturated/α-hetero) is 1. The smallest absolute Gasteiger partial charge is 0.212 e. The summed E-state index contributed by atoms with van der Waals surface area (Å²) >= 11 is 0. The Bertz CT molecular complexity index is 491. The van der Waals surface area contributed by atoms with E-state index in [1.807, 2.05) is 6.07 Å². The van der Waals surface area contributed by atoms with Crippen molar-refractivity contribution in [3.8, 4) is 0 Å². The molecule has 1 atom stereocenters. The molecule has 0 bridgehead atoms. The van der Waals surface area contributed by atoms with E-state index in [1.54, 1.807) is 43.6 Å². The predicted molar refractivity (Wildman–Crippen MR) is 59.0 cm³/mol. The molecule has 0 fully saturated rings. The van der Waals surface area contributed by atoms with Gasteiger partial charge in [-0.05, 0) is 6.92 Å². The van der Waals surface area contributed by atoms with Gasteiger partial charge in [-0.1, -0.05) is 30.3 Å². The van der Waals surface area contributed by atoms with E-state index >= 15 is 0 Å². The van der Waals surface area contributed by atoms with Crippen molar-refractivity contribution < 1.29 is 9.90 Å². The average molecular weight is 216 g/mol. The number of hydrogen-bond acceptors (Lipinski definition) is 3. The molecule has 2 aromatic rings. The van der Waals surface area contributed by atoms with Gasteiger partial charge in [0, 0.05) is 18.0 Å². The second kappa shape index (κ2) is 4.28. The monoisotopic (exact) mass is 216 g/mol. The molecule has 0 saturated carbocycles. The number of benzene rings is 1. The van der Waals surface area contributed by atoms with Crippen molar-refractivity contribution in [2.24, 2.45) is 0 Å². The molecule has 0 radical (unpaired) electrons. The molecule has 2 rings (SSSR count). The molecule has 4 nitrogen and oxygen atoms in total. The fourth-order valence-corrected chi connectivity index (χ4v) is 1.52. The molecule has 82 valence electrons. The molecule has 0 aliphatic heterocycles. The first-order valence-corrected chi connectivity index (χ1v) is 4.97. The van der Waals surface area contributed by atoms with Crippen LogP contribution < -0.4 is 0 Å². The maximum Gasteiger partial charge on any atom is 0.212 e. The van der Waals surface area contributed by atoms with Gasteiger partial charge in [-0.2, -0.15) is 0 Å². The first-order chi connectivity index (χ1) is 7.70. The van der Waals surface area contributed by atoms with Crippen LogP contribution in [0.15, 0.2) is 42.7 Å². The van der Waals surface area contributed by atoms with E-state index in [4.69, 9.17) is 0 Å². The molecule has 1 unspecified atom stereocenters. The van der Waals surface area contributed by atoms with Crippen LogP contribution in [0.25, 0.3) is 0 Å². The van der Waals surface area contributed by atoms with Crippen LogP contribution in [0.2, 0.25) is 0 Å². The Hall–Kier alpha value is -1.94. The lowest BCUT2D eigenvalue weighted by Crippen LogP contribution is -2.19. The van der Waals surface area contributed by atoms with Crippen LogP contribution in [0.5, 0.6) is 0 Å². The molecular weight excluding hydrogens is 204 g/mol. The second-order valence-electron chi connectivity index (χ2n) is 3.49. The topological polar surface area (TPSA) is 55.1 Å². The second-order valence-corrected chi connectivity index (χ2v) is 3.49. The van der Waals surface area contributed by atoms with Crippen LogP contribution in [0, 0.1) is 6.92 Å². The number of nitrogens with zero attached hydrogens (tertiary/aromatic N) is 2. The molecule has 0 amide bonds. The summed E-state index contributed by atoms with van der Waals surface area (Å²) < 4.78 is 1.44. The Kier molecular flexibility index (Phi) is 2.83. The summed E-state index contributed by atoms with van der Waals surface area (Å²) in [7, 11) is 0. The molecule has 1 aromatic heterocycles. The summed E-state index contributed by atoms with van der Waals surface area (Å²) in [6.07, 6.45) is 1.93. The maximum absolute atomic E-state index is 11.9. The SMILES string of the molecule is Cc1nccn1C(O)C(=O)c1ccccc1. The number of ketones is 1. The minimum absolute atomic E-state index is 0.332. The van der Waals surface area contributed by atoms with Crippen molar-refractivity contribution in [1.82, 2.24) is 9.55 Å². The van der Waals surface area contributed by atoms with Gasteiger partial charge in [0.15, 0.2) is 6.23 Å². The fraction of sp³-hybridized carbons (Fsp3) is 0.167. The molecule has 16 heavy (non-hydrogen) atoms. The van der Waals surface area contributed by atoms with Gasteiger partial charge in [0.25, 0.3) is 0 Å². The highest BCUT2D eigenvalue weighted by atomic mass is 16.3. The average Bonchev–Trinajstić information content (AvgIpc) is 2.75. The van der Waals surface area contributed by atoms with E-state index in [0.717, 1.165) is 0 Å². The Morgan fingerprint density at radius 1 is 1.38 bits per heavy atom. The van der Waals surface area contributed by atoms with Gasteiger partial charge in [-0.15, -0.1) is 0 Å². The third-order valence-electron chi connectivity index (χ3n) is 2.42. The van der Waals surface area contributed by atoms with Crippen molar-refractivity contribution in [2.75, 3.05) is 0 Å². The van der Waals surface area contributed by atoms with E-state index in [-0.39, 0.29) is 5.78 Å². The summed E-state index contributed by atoms with van der Waals surface area (Å²) in [6, 6.07) is 8.71. The summed E-state index contributed by atoms with van der Waals surface area (Å²) in [4.78, 5) is 15.9. The summed E-state index contributed by atoms with van der Waals surface area (Å²) in [5, 5.41) is 9.89. The van der Waals surface area contributed by atoms with Crippen LogP contribution in [-0.2, 0) is 0 Å². The quantitative estimate of drug-likeness (QED) is 0.792. The van der Waals surface area contributed by atoms with E-state index in [1.165, 1.54) is 4.57 Å². The Labute approximate surface area is 93.2 Å². The highest BCUT2D eigenvalue weighted by molar-refractivity contribution is 5.97. The number of aliphatic hydroxyl groups excluding tert-OH is 1. The van der Waals surface area contributed by atoms with E-state index < -0.39 is 6.23 Å². The van der Waals surface area contributed by atoms with Crippen LogP contribution >= 0.6 is 0 Å². The lowest BCUT2D eigenvalue weighted by Gasteiger charge is -2.12. The summed E-state index contributed by atoms with van der Waals surface area (Å²) in [6.45, 7) is 1.74. The number of carbonyl (C=O) groups excluding carboxylic acids is 1. The highest BCUT2D eigenvalue weighted by Gasteiger charge is 2.19. The van der Waals surface area contributed by atoms with E-state index in [2.05, 4.69) is 4.98 Å². The molecule has 0 saturated heterocycles. The van der Waals surface area contributed by atoms with Gasteiger partial charge < -0.3 is 9.67 Å². The molecule has 0 aliphatic rings. The van der Waals surface area contributed by atoms with Gasteiger partial charge in [-0.3, -0.25) is 4.79 Å². The van der Waals surface area contributed by atoms with Crippen LogP contribution in [-0.4, -0.2) is 20.4 Å². The number of rotatable bonds is 3. The van der Waals surface area contributed by atoms with Gasteiger partial charge in [0.2, 0.25) is 5.78 Å². The van der Waals surface area contributed by atoms with Crippen molar-refractivity contribution >= 4 is 5.78 Å². The van der Waals surface area contributed by atoms with Crippen LogP contribution in [0.1, 0.15) is 22.4 Å². The zero-order valence-corrected chi connectivity index (χ0v) is 8.87. The first kappa shape index (κ1) is 10.6. The third-order valence-corrected chi connectivity index (χ3v) is 2.42. The van der Waals surface area contributed by atoms with Gasteiger partial charge in [0.1, 0.15) is 5.82 Å². The number of carbonyl (C=O) groups is 1. The zero-order chi connectivity index (χ0) is 11.5. The highest BCUT2D eigenvalue weighted by Crippen LogP contribution is 2.13. The fourth-order valence-electron chi connectivity index (χ4n) is 1.52. The maximum atomic E-state index is 11.9.